The topological polar surface area (TPSA) is 119 Å². The second-order valence-corrected chi connectivity index (χ2v) is 5.30. The fraction of sp³-hybridized carbons (Fsp3) is 0. The summed E-state index contributed by atoms with van der Waals surface area (Å²) < 4.78 is 1.35. The van der Waals surface area contributed by atoms with E-state index in [1.165, 1.54) is 23.6 Å². The van der Waals surface area contributed by atoms with Crippen molar-refractivity contribution in [1.29, 1.82) is 0 Å². The van der Waals surface area contributed by atoms with Gasteiger partial charge in [0.25, 0.3) is 5.91 Å². The number of benzene rings is 1. The minimum atomic E-state index is -1.01. The molecule has 0 aliphatic rings. The molecule has 3 rings (SSSR count). The Morgan fingerprint density at radius 2 is 2.05 bits per heavy atom. The first-order valence-corrected chi connectivity index (χ1v) is 6.44. The molecule has 100 valence electrons. The Morgan fingerprint density at radius 3 is 2.70 bits per heavy atom. The summed E-state index contributed by atoms with van der Waals surface area (Å²) in [5, 5.41) is 10.4. The van der Waals surface area contributed by atoms with Gasteiger partial charge in [-0.15, -0.1) is 11.3 Å². The van der Waals surface area contributed by atoms with Crippen molar-refractivity contribution in [2.75, 3.05) is 5.73 Å². The van der Waals surface area contributed by atoms with E-state index in [0.717, 1.165) is 10.1 Å². The van der Waals surface area contributed by atoms with Crippen molar-refractivity contribution in [2.24, 2.45) is 5.73 Å². The van der Waals surface area contributed by atoms with Crippen LogP contribution in [0.25, 0.3) is 20.2 Å². The van der Waals surface area contributed by atoms with Crippen LogP contribution in [0.1, 0.15) is 20.7 Å². The molecule has 1 aromatic carbocycles. The molecule has 0 atom stereocenters. The van der Waals surface area contributed by atoms with Crippen LogP contribution in [0.5, 0.6) is 0 Å². The minimum Gasteiger partial charge on any atom is -0.478 e. The van der Waals surface area contributed by atoms with Crippen molar-refractivity contribution < 1.29 is 14.7 Å². The smallest absolute Gasteiger partial charge is 0.335 e. The number of hydrogen-bond acceptors (Lipinski definition) is 5. The lowest BCUT2D eigenvalue weighted by Crippen LogP contribution is -2.11. The van der Waals surface area contributed by atoms with Gasteiger partial charge in [0, 0.05) is 21.7 Å². The van der Waals surface area contributed by atoms with Gasteiger partial charge in [-0.2, -0.15) is 0 Å². The van der Waals surface area contributed by atoms with Gasteiger partial charge in [-0.1, -0.05) is 6.07 Å². The maximum absolute atomic E-state index is 11.4. The van der Waals surface area contributed by atoms with Crippen LogP contribution >= 0.6 is 11.3 Å². The molecular weight excluding hydrogens is 278 g/mol. The van der Waals surface area contributed by atoms with Crippen molar-refractivity contribution in [1.82, 2.24) is 4.98 Å². The monoisotopic (exact) mass is 287 g/mol. The van der Waals surface area contributed by atoms with Gasteiger partial charge in [-0.3, -0.25) is 4.79 Å². The summed E-state index contributed by atoms with van der Waals surface area (Å²) in [5.74, 6) is -1.31. The van der Waals surface area contributed by atoms with Crippen LogP contribution in [0.15, 0.2) is 24.4 Å². The number of aromatic carboxylic acids is 1. The number of aromatic nitrogens is 1. The Balaban J connectivity index is 2.46. The van der Waals surface area contributed by atoms with Crippen molar-refractivity contribution in [3.8, 4) is 0 Å². The van der Waals surface area contributed by atoms with Gasteiger partial charge in [0.1, 0.15) is 5.82 Å². The number of nitrogens with two attached hydrogens (primary N) is 2. The number of carboxylic acids is 1. The molecule has 20 heavy (non-hydrogen) atoms. The highest BCUT2D eigenvalue weighted by Crippen LogP contribution is 2.38. The number of primary amides is 1. The van der Waals surface area contributed by atoms with E-state index >= 15 is 0 Å². The molecule has 2 aromatic heterocycles. The zero-order chi connectivity index (χ0) is 14.4. The van der Waals surface area contributed by atoms with Crippen LogP contribution in [0.2, 0.25) is 0 Å². The maximum Gasteiger partial charge on any atom is 0.335 e. The lowest BCUT2D eigenvalue weighted by atomic mass is 10.1. The third kappa shape index (κ3) is 1.68. The summed E-state index contributed by atoms with van der Waals surface area (Å²) in [4.78, 5) is 26.4. The second-order valence-electron chi connectivity index (χ2n) is 4.24. The molecule has 0 spiro atoms. The Bertz CT molecular complexity index is 885. The lowest BCUT2D eigenvalue weighted by Gasteiger charge is -2.00. The number of amides is 1. The van der Waals surface area contributed by atoms with Gasteiger partial charge < -0.3 is 16.6 Å². The number of nitrogen functional groups attached to an aromatic ring is 1. The molecular formula is C13H9N3O3S. The molecule has 0 bridgehead atoms. The number of carbonyl (C=O) groups excluding carboxylic acids is 1. The van der Waals surface area contributed by atoms with Crippen LogP contribution < -0.4 is 11.5 Å². The molecule has 0 radical (unpaired) electrons. The Hall–Kier alpha value is -2.67. The Kier molecular flexibility index (Phi) is 2.58. The van der Waals surface area contributed by atoms with Crippen LogP contribution in [0.4, 0.5) is 5.82 Å². The number of carboxylic acid groups (broad SMARTS) is 1. The fourth-order valence-electron chi connectivity index (χ4n) is 2.11. The number of hydrogen-bond donors (Lipinski definition) is 3. The summed E-state index contributed by atoms with van der Waals surface area (Å²) in [5.41, 5.74) is 11.6. The predicted molar refractivity (Wildman–Crippen MR) is 77.0 cm³/mol. The number of nitrogens with zero attached hydrogens (tertiary/aromatic N) is 1. The summed E-state index contributed by atoms with van der Waals surface area (Å²) in [6, 6.07) is 4.71. The van der Waals surface area contributed by atoms with E-state index in [4.69, 9.17) is 16.6 Å². The molecule has 3 aromatic rings. The standard InChI is InChI=1S/C13H9N3O3S/c14-11-9-6-2-1-5(13(18)19)3-8(6)20-10(9)7(4-16-11)12(15)17/h1-4H,(H2,14,16)(H2,15,17)(H,18,19). The zero-order valence-electron chi connectivity index (χ0n) is 10.1. The maximum atomic E-state index is 11.4. The minimum absolute atomic E-state index is 0.177. The van der Waals surface area contributed by atoms with E-state index in [2.05, 4.69) is 4.98 Å². The van der Waals surface area contributed by atoms with Gasteiger partial charge in [0.2, 0.25) is 0 Å². The van der Waals surface area contributed by atoms with Crippen molar-refractivity contribution in [3.63, 3.8) is 0 Å². The van der Waals surface area contributed by atoms with E-state index in [9.17, 15) is 9.59 Å². The van der Waals surface area contributed by atoms with E-state index in [0.29, 0.717) is 15.9 Å². The van der Waals surface area contributed by atoms with Crippen molar-refractivity contribution in [2.45, 2.75) is 0 Å². The molecule has 0 unspecified atom stereocenters. The summed E-state index contributed by atoms with van der Waals surface area (Å²) >= 11 is 1.28. The van der Waals surface area contributed by atoms with E-state index in [-0.39, 0.29) is 11.1 Å². The number of thiophene rings is 1. The van der Waals surface area contributed by atoms with Crippen LogP contribution in [0, 0.1) is 0 Å². The molecule has 0 aliphatic carbocycles. The Labute approximate surface area is 116 Å². The molecule has 5 N–H and O–H groups in total. The normalized spacial score (nSPS) is 11.0. The molecule has 7 heteroatoms. The summed E-state index contributed by atoms with van der Waals surface area (Å²) in [6.07, 6.45) is 1.34. The lowest BCUT2D eigenvalue weighted by molar-refractivity contribution is 0.0697. The van der Waals surface area contributed by atoms with Gasteiger partial charge >= 0.3 is 5.97 Å². The number of rotatable bonds is 2. The molecule has 0 saturated carbocycles. The largest absolute Gasteiger partial charge is 0.478 e. The number of pyridine rings is 1. The van der Waals surface area contributed by atoms with E-state index in [1.54, 1.807) is 12.1 Å². The summed E-state index contributed by atoms with van der Waals surface area (Å²) in [7, 11) is 0. The predicted octanol–water partition coefficient (Wildman–Crippen LogP) is 1.83. The quantitative estimate of drug-likeness (QED) is 0.664. The third-order valence-electron chi connectivity index (χ3n) is 3.04. The van der Waals surface area contributed by atoms with Gasteiger partial charge in [0.15, 0.2) is 0 Å². The van der Waals surface area contributed by atoms with Crippen LogP contribution in [-0.4, -0.2) is 22.0 Å². The third-order valence-corrected chi connectivity index (χ3v) is 4.22. The molecule has 0 saturated heterocycles. The second kappa shape index (κ2) is 4.17. The average Bonchev–Trinajstić information content (AvgIpc) is 2.77. The number of anilines is 1. The van der Waals surface area contributed by atoms with Crippen LogP contribution in [0.3, 0.4) is 0 Å². The average molecular weight is 287 g/mol. The number of carbonyl (C=O) groups is 2. The van der Waals surface area contributed by atoms with E-state index in [1.807, 2.05) is 0 Å². The van der Waals surface area contributed by atoms with Gasteiger partial charge in [-0.05, 0) is 12.1 Å². The molecule has 0 aliphatic heterocycles. The highest BCUT2D eigenvalue weighted by atomic mass is 32.1. The molecule has 2 heterocycles. The van der Waals surface area contributed by atoms with Gasteiger partial charge in [-0.25, -0.2) is 9.78 Å². The first-order valence-electron chi connectivity index (χ1n) is 5.63. The van der Waals surface area contributed by atoms with Crippen molar-refractivity contribution >= 4 is 49.2 Å². The zero-order valence-corrected chi connectivity index (χ0v) is 10.9. The first kappa shape index (κ1) is 12.4. The van der Waals surface area contributed by atoms with E-state index < -0.39 is 11.9 Å². The SMILES string of the molecule is NC(=O)c1cnc(N)c2c1sc1cc(C(=O)O)ccc12. The molecule has 1 amide bonds. The fourth-order valence-corrected chi connectivity index (χ4v) is 3.37. The summed E-state index contributed by atoms with van der Waals surface area (Å²) in [6.45, 7) is 0. The highest BCUT2D eigenvalue weighted by Gasteiger charge is 2.16. The number of fused-ring (bicyclic) bond motifs is 3. The van der Waals surface area contributed by atoms with Crippen LogP contribution in [-0.2, 0) is 0 Å². The first-order chi connectivity index (χ1) is 9.49. The van der Waals surface area contributed by atoms with Gasteiger partial charge in [0.05, 0.1) is 15.8 Å². The van der Waals surface area contributed by atoms with Crippen molar-refractivity contribution in [3.05, 3.63) is 35.5 Å². The Morgan fingerprint density at radius 1 is 1.30 bits per heavy atom. The highest BCUT2D eigenvalue weighted by molar-refractivity contribution is 7.26. The molecule has 6 nitrogen and oxygen atoms in total. The molecule has 0 fully saturated rings.